The molecule has 8 nitrogen and oxygen atoms in total. The van der Waals surface area contributed by atoms with Crippen LogP contribution in [0.4, 0.5) is 0 Å². The van der Waals surface area contributed by atoms with Gasteiger partial charge in [0.05, 0.1) is 13.1 Å². The number of likely N-dealkylation sites (N-methyl/N-ethyl adjacent to an activating group) is 1. The Bertz CT molecular complexity index is 538. The molecule has 118 valence electrons. The van der Waals surface area contributed by atoms with Gasteiger partial charge in [-0.05, 0) is 32.4 Å². The smallest absolute Gasteiger partial charge is 0.493 e. The third-order valence-electron chi connectivity index (χ3n) is 3.60. The van der Waals surface area contributed by atoms with Crippen molar-refractivity contribution in [1.29, 1.82) is 0 Å². The maximum absolute atomic E-state index is 11.7. The SMILES string of the molecule is CN1CC(=O)OB(c2ccn([C@@H]3CCCCO3)n2)OC(=O)C1. The zero-order valence-corrected chi connectivity index (χ0v) is 12.4. The number of nitrogens with zero attached hydrogens (tertiary/aromatic N) is 3. The molecule has 0 aliphatic carbocycles. The van der Waals surface area contributed by atoms with Crippen molar-refractivity contribution in [3.63, 3.8) is 0 Å². The zero-order valence-electron chi connectivity index (χ0n) is 12.4. The van der Waals surface area contributed by atoms with E-state index in [1.54, 1.807) is 24.0 Å². The van der Waals surface area contributed by atoms with E-state index in [-0.39, 0.29) is 19.3 Å². The Labute approximate surface area is 128 Å². The third kappa shape index (κ3) is 3.48. The lowest BCUT2D eigenvalue weighted by atomic mass is 9.84. The summed E-state index contributed by atoms with van der Waals surface area (Å²) in [4.78, 5) is 25.0. The molecule has 3 rings (SSSR count). The minimum absolute atomic E-state index is 0.0397. The second kappa shape index (κ2) is 6.49. The van der Waals surface area contributed by atoms with Crippen LogP contribution < -0.4 is 5.59 Å². The summed E-state index contributed by atoms with van der Waals surface area (Å²) in [6, 6.07) is 1.68. The van der Waals surface area contributed by atoms with E-state index >= 15 is 0 Å². The number of hydrogen-bond acceptors (Lipinski definition) is 7. The molecule has 1 aromatic rings. The van der Waals surface area contributed by atoms with Gasteiger partial charge in [-0.3, -0.25) is 14.5 Å². The van der Waals surface area contributed by atoms with Crippen LogP contribution in [-0.4, -0.2) is 60.5 Å². The standard InChI is InChI=1S/C13H18BN3O5/c1-16-8-12(18)21-14(22-13(19)9-16)10-5-6-17(15-10)11-4-2-3-7-20-11/h5-6,11H,2-4,7-9H2,1H3/t11-/m0/s1. The van der Waals surface area contributed by atoms with Crippen LogP contribution in [0.25, 0.3) is 0 Å². The van der Waals surface area contributed by atoms with Gasteiger partial charge in [0.2, 0.25) is 0 Å². The summed E-state index contributed by atoms with van der Waals surface area (Å²) in [7, 11) is 0.552. The second-order valence-corrected chi connectivity index (χ2v) is 5.53. The van der Waals surface area contributed by atoms with Crippen LogP contribution in [0.3, 0.4) is 0 Å². The number of ether oxygens (including phenoxy) is 1. The molecule has 0 N–H and O–H groups in total. The number of carbonyl (C=O) groups excluding carboxylic acids is 2. The van der Waals surface area contributed by atoms with Crippen LogP contribution in [0, 0.1) is 0 Å². The highest BCUT2D eigenvalue weighted by Gasteiger charge is 2.36. The van der Waals surface area contributed by atoms with Gasteiger partial charge in [0.1, 0.15) is 11.8 Å². The van der Waals surface area contributed by atoms with Gasteiger partial charge in [-0.2, -0.15) is 5.10 Å². The molecule has 0 bridgehead atoms. The van der Waals surface area contributed by atoms with Gasteiger partial charge < -0.3 is 14.0 Å². The van der Waals surface area contributed by atoms with Crippen molar-refractivity contribution < 1.29 is 23.6 Å². The molecule has 0 radical (unpaired) electrons. The lowest BCUT2D eigenvalue weighted by Crippen LogP contribution is -2.48. The number of hydrogen-bond donors (Lipinski definition) is 0. The lowest BCUT2D eigenvalue weighted by molar-refractivity contribution is -0.145. The third-order valence-corrected chi connectivity index (χ3v) is 3.60. The summed E-state index contributed by atoms with van der Waals surface area (Å²) >= 11 is 0. The van der Waals surface area contributed by atoms with Crippen molar-refractivity contribution in [3.05, 3.63) is 12.3 Å². The summed E-state index contributed by atoms with van der Waals surface area (Å²) in [5, 5.41) is 4.34. The molecule has 3 heterocycles. The van der Waals surface area contributed by atoms with E-state index in [4.69, 9.17) is 14.0 Å². The van der Waals surface area contributed by atoms with Gasteiger partial charge in [-0.25, -0.2) is 4.68 Å². The second-order valence-electron chi connectivity index (χ2n) is 5.53. The Morgan fingerprint density at radius 1 is 1.23 bits per heavy atom. The fourth-order valence-corrected chi connectivity index (χ4v) is 2.53. The molecule has 0 unspecified atom stereocenters. The predicted molar refractivity (Wildman–Crippen MR) is 76.1 cm³/mol. The lowest BCUT2D eigenvalue weighted by Gasteiger charge is -2.23. The highest BCUT2D eigenvalue weighted by molar-refractivity contribution is 6.63. The monoisotopic (exact) mass is 307 g/mol. The highest BCUT2D eigenvalue weighted by Crippen LogP contribution is 2.20. The van der Waals surface area contributed by atoms with Gasteiger partial charge in [0.15, 0.2) is 0 Å². The first-order valence-corrected chi connectivity index (χ1v) is 7.36. The molecule has 0 saturated carbocycles. The molecule has 1 aromatic heterocycles. The maximum atomic E-state index is 11.7. The van der Waals surface area contributed by atoms with E-state index in [9.17, 15) is 9.59 Å². The quantitative estimate of drug-likeness (QED) is 0.669. The molecular formula is C13H18BN3O5. The maximum Gasteiger partial charge on any atom is 0.658 e. The van der Waals surface area contributed by atoms with E-state index in [1.807, 2.05) is 0 Å². The fourth-order valence-electron chi connectivity index (χ4n) is 2.53. The number of carbonyl (C=O) groups is 2. The zero-order chi connectivity index (χ0) is 15.5. The molecule has 2 fully saturated rings. The molecular weight excluding hydrogens is 289 g/mol. The minimum Gasteiger partial charge on any atom is -0.493 e. The summed E-state index contributed by atoms with van der Waals surface area (Å²) in [6.45, 7) is 0.787. The van der Waals surface area contributed by atoms with Crippen LogP contribution >= 0.6 is 0 Å². The Balaban J connectivity index is 1.73. The first-order chi connectivity index (χ1) is 10.6. The van der Waals surface area contributed by atoms with Crippen LogP contribution in [-0.2, 0) is 23.6 Å². The average Bonchev–Trinajstić information content (AvgIpc) is 2.95. The van der Waals surface area contributed by atoms with Crippen molar-refractivity contribution in [1.82, 2.24) is 14.7 Å². The van der Waals surface area contributed by atoms with Crippen molar-refractivity contribution in [2.24, 2.45) is 0 Å². The summed E-state index contributed by atoms with van der Waals surface area (Å²) in [5.41, 5.74) is 0.389. The Hall–Kier alpha value is -1.87. The van der Waals surface area contributed by atoms with E-state index < -0.39 is 19.1 Å². The fraction of sp³-hybridized carbons (Fsp3) is 0.615. The van der Waals surface area contributed by atoms with Gasteiger partial charge in [0.25, 0.3) is 0 Å². The average molecular weight is 307 g/mol. The molecule has 2 saturated heterocycles. The Morgan fingerprint density at radius 3 is 2.59 bits per heavy atom. The summed E-state index contributed by atoms with van der Waals surface area (Å²) in [6.07, 6.45) is 4.65. The number of rotatable bonds is 2. The highest BCUT2D eigenvalue weighted by atomic mass is 16.6. The van der Waals surface area contributed by atoms with E-state index in [0.717, 1.165) is 19.3 Å². The molecule has 0 spiro atoms. The minimum atomic E-state index is -1.10. The predicted octanol–water partition coefficient (Wildman–Crippen LogP) is -0.691. The molecule has 9 heteroatoms. The largest absolute Gasteiger partial charge is 0.658 e. The molecule has 22 heavy (non-hydrogen) atoms. The van der Waals surface area contributed by atoms with Crippen LogP contribution in [0.2, 0.25) is 0 Å². The van der Waals surface area contributed by atoms with Crippen molar-refractivity contribution in [2.45, 2.75) is 25.5 Å². The van der Waals surface area contributed by atoms with Crippen molar-refractivity contribution in [3.8, 4) is 0 Å². The first-order valence-electron chi connectivity index (χ1n) is 7.36. The molecule has 2 aliphatic rings. The van der Waals surface area contributed by atoms with Gasteiger partial charge in [0, 0.05) is 12.8 Å². The first kappa shape index (κ1) is 15.0. The van der Waals surface area contributed by atoms with Crippen molar-refractivity contribution in [2.75, 3.05) is 26.7 Å². The van der Waals surface area contributed by atoms with Crippen LogP contribution in [0.15, 0.2) is 12.3 Å². The molecule has 0 aromatic carbocycles. The van der Waals surface area contributed by atoms with E-state index in [0.29, 0.717) is 12.2 Å². The van der Waals surface area contributed by atoms with Crippen LogP contribution in [0.5, 0.6) is 0 Å². The Morgan fingerprint density at radius 2 is 1.95 bits per heavy atom. The van der Waals surface area contributed by atoms with Crippen molar-refractivity contribution >= 4 is 24.7 Å². The topological polar surface area (TPSA) is 82.9 Å². The normalized spacial score (nSPS) is 24.4. The van der Waals surface area contributed by atoms with Gasteiger partial charge in [-0.15, -0.1) is 0 Å². The molecule has 1 atom stereocenters. The number of aromatic nitrogens is 2. The van der Waals surface area contributed by atoms with Crippen LogP contribution in [0.1, 0.15) is 25.5 Å². The molecule has 2 aliphatic heterocycles. The summed E-state index contributed by atoms with van der Waals surface area (Å²) < 4.78 is 17.7. The van der Waals surface area contributed by atoms with Gasteiger partial charge >= 0.3 is 19.1 Å². The Kier molecular flexibility index (Phi) is 4.44. The molecule has 0 amide bonds. The van der Waals surface area contributed by atoms with Gasteiger partial charge in [-0.1, -0.05) is 0 Å². The summed E-state index contributed by atoms with van der Waals surface area (Å²) in [5.74, 6) is -0.910. The van der Waals surface area contributed by atoms with E-state index in [2.05, 4.69) is 5.10 Å². The van der Waals surface area contributed by atoms with E-state index in [1.165, 1.54) is 4.90 Å².